The van der Waals surface area contributed by atoms with Gasteiger partial charge in [-0.3, -0.25) is 14.4 Å². The second-order valence-electron chi connectivity index (χ2n) is 14.4. The first-order chi connectivity index (χ1) is 23.3. The Labute approximate surface area is 285 Å². The van der Waals surface area contributed by atoms with E-state index >= 15 is 0 Å². The number of ether oxygens (including phenoxy) is 2. The summed E-state index contributed by atoms with van der Waals surface area (Å²) in [5, 5.41) is 36.5. The number of carbonyl (C=O) groups excluding carboxylic acids is 4. The second kappa shape index (κ2) is 13.1. The third-order valence-corrected chi connectivity index (χ3v) is 11.9. The van der Waals surface area contributed by atoms with Crippen LogP contribution in [0.15, 0.2) is 77.9 Å². The lowest BCUT2D eigenvalue weighted by atomic mass is 9.54. The molecule has 1 spiro atoms. The second-order valence-corrected chi connectivity index (χ2v) is 14.4. The number of allylic oxidation sites excluding steroid dienone is 2. The lowest BCUT2D eigenvalue weighted by Gasteiger charge is -2.53. The first-order valence-corrected chi connectivity index (χ1v) is 17.1. The molecule has 3 fully saturated rings. The minimum Gasteiger partial charge on any atom is -0.445 e. The Balaban J connectivity index is 1.48. The topological polar surface area (TPSA) is 185 Å². The fourth-order valence-corrected chi connectivity index (χ4v) is 9.40. The summed E-state index contributed by atoms with van der Waals surface area (Å²) in [4.78, 5) is 55.2. The monoisotopic (exact) mass is 674 g/mol. The molecule has 1 aromatic carbocycles. The van der Waals surface area contributed by atoms with Crippen LogP contribution in [-0.2, 0) is 35.1 Å². The Bertz CT molecular complexity index is 1630. The third-order valence-electron chi connectivity index (χ3n) is 11.9. The van der Waals surface area contributed by atoms with Gasteiger partial charge in [0.05, 0.1) is 30.3 Å². The maximum atomic E-state index is 14.3. The zero-order valence-corrected chi connectivity index (χ0v) is 28.1. The molecule has 0 aromatic heterocycles. The molecule has 0 bridgehead atoms. The molecule has 2 heterocycles. The van der Waals surface area contributed by atoms with Gasteiger partial charge >= 0.3 is 5.97 Å². The summed E-state index contributed by atoms with van der Waals surface area (Å²) in [6, 6.07) is 9.17. The highest BCUT2D eigenvalue weighted by atomic mass is 16.6. The van der Waals surface area contributed by atoms with E-state index in [0.717, 1.165) is 11.6 Å². The largest absolute Gasteiger partial charge is 0.445 e. The van der Waals surface area contributed by atoms with Crippen LogP contribution in [0, 0.1) is 35.0 Å². The lowest BCUT2D eigenvalue weighted by Crippen LogP contribution is -2.70. The van der Waals surface area contributed by atoms with E-state index in [-0.39, 0.29) is 29.3 Å². The number of nitrogens with two attached hydrogens (primary N) is 1. The molecule has 2 aliphatic heterocycles. The van der Waals surface area contributed by atoms with E-state index in [1.54, 1.807) is 6.08 Å². The molecule has 1 aromatic rings. The van der Waals surface area contributed by atoms with E-state index in [1.807, 2.05) is 50.3 Å². The zero-order valence-electron chi connectivity index (χ0n) is 28.1. The average Bonchev–Trinajstić information content (AvgIpc) is 3.50. The van der Waals surface area contributed by atoms with E-state index in [1.165, 1.54) is 13.2 Å². The number of methoxy groups -OCH3 is 1. The van der Waals surface area contributed by atoms with E-state index in [0.29, 0.717) is 31.3 Å². The van der Waals surface area contributed by atoms with Gasteiger partial charge in [0, 0.05) is 43.1 Å². The number of esters is 1. The fourth-order valence-electron chi connectivity index (χ4n) is 9.40. The molecule has 2 saturated carbocycles. The average molecular weight is 675 g/mol. The number of rotatable bonds is 4. The van der Waals surface area contributed by atoms with E-state index in [4.69, 9.17) is 15.2 Å². The standard InChI is InChI=1S/C38H46N2O9/c1-19-10-8-14-24-31(43)21(3)20(2)29-25(18-22-12-6-5-7-13-22)40-36(47)38(24,29)49-27(42)17-16-23-28(26(41)15-9-11-19)33(48-4)30-32(44)34(45)37(23,30)35(39)46/h5-8,12-14,16-17,19-20,24-25,29-34,43-45H,3,9-11,15,18H2,1-2,4H3,(H2,39,46)(H,40,47)/t19-,20+,24?,25-,29?,30?,31+,32?,33?,34?,37?,38+/m0/s1. The molecule has 2 amide bonds. The van der Waals surface area contributed by atoms with Crippen molar-refractivity contribution in [2.24, 2.45) is 40.7 Å². The van der Waals surface area contributed by atoms with Crippen LogP contribution in [0.25, 0.3) is 0 Å². The van der Waals surface area contributed by atoms with Crippen molar-refractivity contribution in [3.05, 3.63) is 83.5 Å². The number of ketones is 1. The van der Waals surface area contributed by atoms with Crippen LogP contribution >= 0.6 is 0 Å². The van der Waals surface area contributed by atoms with Gasteiger partial charge in [0.2, 0.25) is 11.5 Å². The van der Waals surface area contributed by atoms with Crippen molar-refractivity contribution in [2.45, 2.75) is 82.0 Å². The van der Waals surface area contributed by atoms with Gasteiger partial charge in [0.1, 0.15) is 5.41 Å². The number of nitrogens with one attached hydrogen (secondary N) is 1. The Morgan fingerprint density at radius 1 is 1.10 bits per heavy atom. The van der Waals surface area contributed by atoms with E-state index < -0.39 is 82.9 Å². The number of aliphatic hydroxyl groups excluding tert-OH is 3. The molecule has 11 nitrogen and oxygen atoms in total. The van der Waals surface area contributed by atoms with Crippen LogP contribution in [0.4, 0.5) is 0 Å². The van der Waals surface area contributed by atoms with Gasteiger partial charge in [-0.25, -0.2) is 4.79 Å². The van der Waals surface area contributed by atoms with Crippen LogP contribution in [0.2, 0.25) is 0 Å². The summed E-state index contributed by atoms with van der Waals surface area (Å²) in [6.07, 6.45) is 2.89. The Hall–Kier alpha value is -3.90. The number of Topliss-reactive ketones (excluding diaryl/α,β-unsaturated/α-hetero) is 1. The zero-order chi connectivity index (χ0) is 35.4. The van der Waals surface area contributed by atoms with Crippen LogP contribution in [0.5, 0.6) is 0 Å². The number of primary amides is 1. The smallest absolute Gasteiger partial charge is 0.331 e. The Morgan fingerprint density at radius 2 is 1.82 bits per heavy atom. The number of fused-ring (bicyclic) bond motifs is 2. The summed E-state index contributed by atoms with van der Waals surface area (Å²) in [5.74, 6) is -5.73. The van der Waals surface area contributed by atoms with Crippen molar-refractivity contribution in [3.63, 3.8) is 0 Å². The molecular weight excluding hydrogens is 628 g/mol. The third kappa shape index (κ3) is 5.24. The molecule has 0 radical (unpaired) electrons. The number of hydrogen-bond acceptors (Lipinski definition) is 9. The van der Waals surface area contributed by atoms with Gasteiger partial charge in [-0.1, -0.05) is 69.0 Å². The van der Waals surface area contributed by atoms with Crippen LogP contribution in [-0.4, -0.2) is 82.1 Å². The van der Waals surface area contributed by atoms with Gasteiger partial charge in [-0.2, -0.15) is 0 Å². The predicted molar refractivity (Wildman–Crippen MR) is 178 cm³/mol. The normalized spacial score (nSPS) is 40.9. The Kier molecular flexibility index (Phi) is 9.34. The minimum atomic E-state index is -1.88. The maximum Gasteiger partial charge on any atom is 0.331 e. The van der Waals surface area contributed by atoms with Crippen LogP contribution in [0.3, 0.4) is 0 Å². The lowest BCUT2D eigenvalue weighted by molar-refractivity contribution is -0.213. The van der Waals surface area contributed by atoms with Gasteiger partial charge in [-0.05, 0) is 54.2 Å². The summed E-state index contributed by atoms with van der Waals surface area (Å²) in [5.41, 5.74) is 3.75. The number of aliphatic hydroxyl groups is 3. The highest BCUT2D eigenvalue weighted by Crippen LogP contribution is 2.61. The molecule has 49 heavy (non-hydrogen) atoms. The van der Waals surface area contributed by atoms with E-state index in [9.17, 15) is 34.5 Å². The molecule has 5 aliphatic rings. The van der Waals surface area contributed by atoms with Gasteiger partial charge < -0.3 is 35.8 Å². The fraction of sp³-hybridized carbons (Fsp3) is 0.526. The molecular formula is C38H46N2O9. The van der Waals surface area contributed by atoms with Crippen LogP contribution < -0.4 is 11.1 Å². The van der Waals surface area contributed by atoms with Gasteiger partial charge in [0.25, 0.3) is 5.91 Å². The van der Waals surface area contributed by atoms with Crippen molar-refractivity contribution in [2.75, 3.05) is 7.11 Å². The number of hydrogen-bond donors (Lipinski definition) is 5. The molecule has 7 unspecified atom stereocenters. The number of carbonyl (C=O) groups is 4. The first-order valence-electron chi connectivity index (χ1n) is 17.1. The van der Waals surface area contributed by atoms with Crippen molar-refractivity contribution in [1.82, 2.24) is 5.32 Å². The molecule has 6 rings (SSSR count). The van der Waals surface area contributed by atoms with E-state index in [2.05, 4.69) is 11.9 Å². The molecule has 262 valence electrons. The summed E-state index contributed by atoms with van der Waals surface area (Å²) < 4.78 is 11.9. The Morgan fingerprint density at radius 3 is 2.49 bits per heavy atom. The van der Waals surface area contributed by atoms with Crippen molar-refractivity contribution in [3.8, 4) is 0 Å². The quantitative estimate of drug-likeness (QED) is 0.235. The van der Waals surface area contributed by atoms with Gasteiger partial charge in [0.15, 0.2) is 5.78 Å². The first kappa shape index (κ1) is 34.9. The molecule has 1 saturated heterocycles. The van der Waals surface area contributed by atoms with Gasteiger partial charge in [-0.15, -0.1) is 0 Å². The van der Waals surface area contributed by atoms with Crippen LogP contribution in [0.1, 0.15) is 45.1 Å². The SMILES string of the molecule is C=C1[C@@H](C)C2[C@H](Cc3ccccc3)NC(=O)[C@]23OC(=O)C=CC2=C(C(=O)CCC[C@@H](C)CC=CC3[C@@H]1O)C(OC)C1C(O)C(O)C21C(N)=O. The highest BCUT2D eigenvalue weighted by molar-refractivity contribution is 6.03. The van der Waals surface area contributed by atoms with Crippen molar-refractivity contribution in [1.29, 1.82) is 0 Å². The minimum absolute atomic E-state index is 0.00880. The van der Waals surface area contributed by atoms with Crippen molar-refractivity contribution < 1.29 is 44.0 Å². The summed E-state index contributed by atoms with van der Waals surface area (Å²) in [7, 11) is 1.34. The maximum absolute atomic E-state index is 14.3. The predicted octanol–water partition coefficient (Wildman–Crippen LogP) is 1.85. The number of benzene rings is 1. The molecule has 3 aliphatic carbocycles. The number of amides is 2. The molecule has 12 atom stereocenters. The highest BCUT2D eigenvalue weighted by Gasteiger charge is 2.74. The van der Waals surface area contributed by atoms with Crippen molar-refractivity contribution >= 4 is 23.6 Å². The summed E-state index contributed by atoms with van der Waals surface area (Å²) in [6.45, 7) is 8.11. The molecule has 6 N–H and O–H groups in total. The molecule has 11 heteroatoms. The summed E-state index contributed by atoms with van der Waals surface area (Å²) >= 11 is 0.